The number of nitrogens with two attached hydrogens (primary N) is 1. The van der Waals surface area contributed by atoms with E-state index >= 15 is 0 Å². The van der Waals surface area contributed by atoms with Gasteiger partial charge in [0.2, 0.25) is 0 Å². The molecule has 1 fully saturated rings. The van der Waals surface area contributed by atoms with Gasteiger partial charge in [-0.1, -0.05) is 6.42 Å². The van der Waals surface area contributed by atoms with E-state index in [0.717, 1.165) is 26.1 Å². The van der Waals surface area contributed by atoms with Crippen LogP contribution in [0.15, 0.2) is 15.9 Å². The first-order chi connectivity index (χ1) is 8.74. The summed E-state index contributed by atoms with van der Waals surface area (Å²) in [6, 6.07) is 2.67. The lowest BCUT2D eigenvalue weighted by Crippen LogP contribution is -2.41. The molecule has 2 atom stereocenters. The molecular weight excluding hydrogens is 312 g/mol. The second-order valence-electron chi connectivity index (χ2n) is 4.77. The monoisotopic (exact) mass is 332 g/mol. The summed E-state index contributed by atoms with van der Waals surface area (Å²) in [6.45, 7) is 2.84. The molecule has 0 radical (unpaired) electrons. The van der Waals surface area contributed by atoms with Crippen LogP contribution in [0.5, 0.6) is 0 Å². The van der Waals surface area contributed by atoms with Crippen LogP contribution in [0.2, 0.25) is 0 Å². The van der Waals surface area contributed by atoms with Gasteiger partial charge in [-0.2, -0.15) is 0 Å². The predicted octanol–water partition coefficient (Wildman–Crippen LogP) is 3.01. The van der Waals surface area contributed by atoms with Gasteiger partial charge < -0.3 is 10.5 Å². The van der Waals surface area contributed by atoms with Crippen LogP contribution in [-0.4, -0.2) is 37.7 Å². The molecule has 3 nitrogen and oxygen atoms in total. The molecule has 2 heterocycles. The Morgan fingerprint density at radius 2 is 2.39 bits per heavy atom. The summed E-state index contributed by atoms with van der Waals surface area (Å²) in [6.07, 6.45) is 3.57. The lowest BCUT2D eigenvalue weighted by Gasteiger charge is -2.32. The molecule has 0 amide bonds. The minimum atomic E-state index is 0.222. The van der Waals surface area contributed by atoms with Crippen molar-refractivity contribution in [2.45, 2.75) is 31.3 Å². The standard InChI is InChI=1S/C13H21BrN2OS/c1-17-8-7-16-6-3-2-4-11(15)12(16)13-10(14)5-9-18-13/h5,9,11-12H,2-4,6-8,15H2,1H3. The van der Waals surface area contributed by atoms with E-state index in [0.29, 0.717) is 6.04 Å². The molecule has 0 aliphatic carbocycles. The Morgan fingerprint density at radius 3 is 3.06 bits per heavy atom. The number of ether oxygens (including phenoxy) is 1. The van der Waals surface area contributed by atoms with E-state index in [9.17, 15) is 0 Å². The highest BCUT2D eigenvalue weighted by Gasteiger charge is 2.30. The van der Waals surface area contributed by atoms with Crippen LogP contribution < -0.4 is 5.73 Å². The summed E-state index contributed by atoms with van der Waals surface area (Å²) >= 11 is 5.44. The molecule has 2 unspecified atom stereocenters. The highest BCUT2D eigenvalue weighted by molar-refractivity contribution is 9.10. The van der Waals surface area contributed by atoms with Crippen molar-refractivity contribution in [3.05, 3.63) is 20.8 Å². The van der Waals surface area contributed by atoms with E-state index in [2.05, 4.69) is 32.3 Å². The second-order valence-corrected chi connectivity index (χ2v) is 6.57. The highest BCUT2D eigenvalue weighted by Crippen LogP contribution is 2.37. The quantitative estimate of drug-likeness (QED) is 0.921. The van der Waals surface area contributed by atoms with Crippen LogP contribution >= 0.6 is 27.3 Å². The Kier molecular flexibility index (Phi) is 5.63. The SMILES string of the molecule is COCCN1CCCCC(N)C1c1sccc1Br. The number of thiophene rings is 1. The maximum Gasteiger partial charge on any atom is 0.0605 e. The Balaban J connectivity index is 2.20. The number of rotatable bonds is 4. The van der Waals surface area contributed by atoms with Gasteiger partial charge in [-0.05, 0) is 46.8 Å². The molecule has 0 bridgehead atoms. The van der Waals surface area contributed by atoms with Gasteiger partial charge in [0.15, 0.2) is 0 Å². The van der Waals surface area contributed by atoms with Gasteiger partial charge in [0.05, 0.1) is 12.6 Å². The zero-order valence-corrected chi connectivity index (χ0v) is 13.2. The summed E-state index contributed by atoms with van der Waals surface area (Å²) in [7, 11) is 1.76. The van der Waals surface area contributed by atoms with Crippen molar-refractivity contribution in [3.8, 4) is 0 Å². The van der Waals surface area contributed by atoms with Crippen LogP contribution in [0, 0.1) is 0 Å². The zero-order valence-electron chi connectivity index (χ0n) is 10.8. The highest BCUT2D eigenvalue weighted by atomic mass is 79.9. The molecule has 1 aliphatic heterocycles. The minimum Gasteiger partial charge on any atom is -0.383 e. The average Bonchev–Trinajstić information content (AvgIpc) is 2.68. The third-order valence-electron chi connectivity index (χ3n) is 3.53. The molecule has 102 valence electrons. The van der Waals surface area contributed by atoms with Crippen molar-refractivity contribution in [1.29, 1.82) is 0 Å². The summed E-state index contributed by atoms with van der Waals surface area (Å²) in [4.78, 5) is 3.85. The van der Waals surface area contributed by atoms with E-state index in [1.807, 2.05) is 0 Å². The number of halogens is 1. The molecule has 0 saturated carbocycles. The van der Waals surface area contributed by atoms with E-state index < -0.39 is 0 Å². The van der Waals surface area contributed by atoms with Crippen LogP contribution in [0.25, 0.3) is 0 Å². The first-order valence-corrected chi connectivity index (χ1v) is 8.12. The van der Waals surface area contributed by atoms with E-state index in [4.69, 9.17) is 10.5 Å². The molecule has 1 saturated heterocycles. The fraction of sp³-hybridized carbons (Fsp3) is 0.692. The van der Waals surface area contributed by atoms with Gasteiger partial charge in [-0.25, -0.2) is 0 Å². The van der Waals surface area contributed by atoms with E-state index in [1.165, 1.54) is 22.2 Å². The Bertz CT molecular complexity index is 372. The van der Waals surface area contributed by atoms with Gasteiger partial charge in [0.25, 0.3) is 0 Å². The van der Waals surface area contributed by atoms with Crippen molar-refractivity contribution >= 4 is 27.3 Å². The largest absolute Gasteiger partial charge is 0.383 e. The van der Waals surface area contributed by atoms with Crippen molar-refractivity contribution in [2.75, 3.05) is 26.8 Å². The van der Waals surface area contributed by atoms with Gasteiger partial charge in [0.1, 0.15) is 0 Å². The smallest absolute Gasteiger partial charge is 0.0605 e. The van der Waals surface area contributed by atoms with Crippen LogP contribution in [-0.2, 0) is 4.74 Å². The van der Waals surface area contributed by atoms with Crippen molar-refractivity contribution in [2.24, 2.45) is 5.73 Å². The Morgan fingerprint density at radius 1 is 1.56 bits per heavy atom. The lowest BCUT2D eigenvalue weighted by atomic mass is 10.0. The maximum absolute atomic E-state index is 6.40. The summed E-state index contributed by atoms with van der Waals surface area (Å²) in [5, 5.41) is 2.13. The van der Waals surface area contributed by atoms with Gasteiger partial charge in [-0.15, -0.1) is 11.3 Å². The zero-order chi connectivity index (χ0) is 13.0. The number of hydrogen-bond donors (Lipinski definition) is 1. The van der Waals surface area contributed by atoms with Gasteiger partial charge in [0, 0.05) is 29.0 Å². The molecule has 1 aliphatic rings. The first-order valence-electron chi connectivity index (χ1n) is 6.45. The van der Waals surface area contributed by atoms with Crippen molar-refractivity contribution in [1.82, 2.24) is 4.90 Å². The number of methoxy groups -OCH3 is 1. The van der Waals surface area contributed by atoms with Crippen LogP contribution in [0.4, 0.5) is 0 Å². The number of nitrogens with zero attached hydrogens (tertiary/aromatic N) is 1. The Labute approximate surface area is 121 Å². The van der Waals surface area contributed by atoms with E-state index in [1.54, 1.807) is 18.4 Å². The molecule has 2 N–H and O–H groups in total. The molecule has 0 aromatic carbocycles. The van der Waals surface area contributed by atoms with Crippen molar-refractivity contribution < 1.29 is 4.74 Å². The fourth-order valence-corrected chi connectivity index (χ4v) is 4.42. The molecule has 0 spiro atoms. The van der Waals surface area contributed by atoms with E-state index in [-0.39, 0.29) is 6.04 Å². The molecule has 5 heteroatoms. The topological polar surface area (TPSA) is 38.5 Å². The Hall–Kier alpha value is 0.0600. The van der Waals surface area contributed by atoms with Gasteiger partial charge in [-0.3, -0.25) is 4.90 Å². The van der Waals surface area contributed by atoms with Gasteiger partial charge >= 0.3 is 0 Å². The fourth-order valence-electron chi connectivity index (χ4n) is 2.60. The summed E-state index contributed by atoms with van der Waals surface area (Å²) in [5.41, 5.74) is 6.40. The normalized spacial score (nSPS) is 26.2. The maximum atomic E-state index is 6.40. The number of hydrogen-bond acceptors (Lipinski definition) is 4. The molecular formula is C13H21BrN2OS. The predicted molar refractivity (Wildman–Crippen MR) is 80.0 cm³/mol. The van der Waals surface area contributed by atoms with Crippen molar-refractivity contribution in [3.63, 3.8) is 0 Å². The second kappa shape index (κ2) is 7.01. The molecule has 18 heavy (non-hydrogen) atoms. The third-order valence-corrected chi connectivity index (χ3v) is 5.47. The summed E-state index contributed by atoms with van der Waals surface area (Å²) in [5.74, 6) is 0. The molecule has 1 aromatic rings. The minimum absolute atomic E-state index is 0.222. The molecule has 2 rings (SSSR count). The van der Waals surface area contributed by atoms with Crippen LogP contribution in [0.3, 0.4) is 0 Å². The van der Waals surface area contributed by atoms with Crippen LogP contribution in [0.1, 0.15) is 30.2 Å². The number of likely N-dealkylation sites (tertiary alicyclic amines) is 1. The third kappa shape index (κ3) is 3.33. The molecule has 1 aromatic heterocycles. The summed E-state index contributed by atoms with van der Waals surface area (Å²) < 4.78 is 6.42. The first kappa shape index (κ1) is 14.5. The lowest BCUT2D eigenvalue weighted by molar-refractivity contribution is 0.116. The average molecular weight is 333 g/mol.